The van der Waals surface area contributed by atoms with E-state index in [1.807, 2.05) is 24.3 Å². The molecule has 2 aromatic rings. The Kier molecular flexibility index (Phi) is 3.33. The van der Waals surface area contributed by atoms with E-state index in [4.69, 9.17) is 4.74 Å². The lowest BCUT2D eigenvalue weighted by molar-refractivity contribution is 0.392. The summed E-state index contributed by atoms with van der Waals surface area (Å²) < 4.78 is 4.93. The van der Waals surface area contributed by atoms with Gasteiger partial charge in [0.15, 0.2) is 0 Å². The Hall–Kier alpha value is -2.10. The topological polar surface area (TPSA) is 47.0 Å². The highest BCUT2D eigenvalue weighted by Crippen LogP contribution is 2.08. The van der Waals surface area contributed by atoms with Crippen LogP contribution in [-0.4, -0.2) is 17.3 Å². The van der Waals surface area contributed by atoms with Gasteiger partial charge >= 0.3 is 0 Å². The third-order valence-corrected chi connectivity index (χ3v) is 2.17. The third kappa shape index (κ3) is 2.70. The molecule has 0 spiro atoms. The predicted molar refractivity (Wildman–Crippen MR) is 62.4 cm³/mol. The molecule has 0 bridgehead atoms. The van der Waals surface area contributed by atoms with Crippen molar-refractivity contribution < 1.29 is 4.74 Å². The largest absolute Gasteiger partial charge is 0.480 e. The SMILES string of the molecule is COc1ccc(NCc2ccccc2)nn1. The van der Waals surface area contributed by atoms with Crippen molar-refractivity contribution in [3.63, 3.8) is 0 Å². The van der Waals surface area contributed by atoms with Gasteiger partial charge in [-0.1, -0.05) is 30.3 Å². The number of methoxy groups -OCH3 is 1. The van der Waals surface area contributed by atoms with Crippen LogP contribution in [0.4, 0.5) is 5.82 Å². The summed E-state index contributed by atoms with van der Waals surface area (Å²) in [6.45, 7) is 0.738. The van der Waals surface area contributed by atoms with E-state index in [1.54, 1.807) is 13.2 Å². The van der Waals surface area contributed by atoms with Gasteiger partial charge in [-0.25, -0.2) is 0 Å². The van der Waals surface area contributed by atoms with Gasteiger partial charge in [0.2, 0.25) is 5.88 Å². The van der Waals surface area contributed by atoms with Gasteiger partial charge in [-0.15, -0.1) is 10.2 Å². The fourth-order valence-electron chi connectivity index (χ4n) is 1.31. The maximum absolute atomic E-state index is 4.93. The molecule has 0 unspecified atom stereocenters. The van der Waals surface area contributed by atoms with Crippen LogP contribution in [-0.2, 0) is 6.54 Å². The molecule has 0 radical (unpaired) electrons. The molecule has 1 N–H and O–H groups in total. The summed E-state index contributed by atoms with van der Waals surface area (Å²) in [5.41, 5.74) is 1.21. The molecule has 1 aromatic carbocycles. The van der Waals surface area contributed by atoms with Crippen molar-refractivity contribution in [2.24, 2.45) is 0 Å². The van der Waals surface area contributed by atoms with Crippen LogP contribution in [0.15, 0.2) is 42.5 Å². The van der Waals surface area contributed by atoms with Gasteiger partial charge in [0.25, 0.3) is 0 Å². The Bertz CT molecular complexity index is 428. The first kappa shape index (κ1) is 10.4. The normalized spacial score (nSPS) is 9.81. The Morgan fingerprint density at radius 1 is 1.06 bits per heavy atom. The summed E-state index contributed by atoms with van der Waals surface area (Å²) >= 11 is 0. The van der Waals surface area contributed by atoms with Crippen LogP contribution in [0, 0.1) is 0 Å². The van der Waals surface area contributed by atoms with Gasteiger partial charge < -0.3 is 10.1 Å². The van der Waals surface area contributed by atoms with E-state index in [0.717, 1.165) is 12.4 Å². The number of nitrogens with zero attached hydrogens (tertiary/aromatic N) is 2. The van der Waals surface area contributed by atoms with Gasteiger partial charge in [-0.2, -0.15) is 0 Å². The number of rotatable bonds is 4. The van der Waals surface area contributed by atoms with Crippen LogP contribution in [0.1, 0.15) is 5.56 Å². The van der Waals surface area contributed by atoms with Crippen LogP contribution in [0.2, 0.25) is 0 Å². The summed E-state index contributed by atoms with van der Waals surface area (Å²) in [6.07, 6.45) is 0. The molecule has 82 valence electrons. The Morgan fingerprint density at radius 2 is 1.88 bits per heavy atom. The van der Waals surface area contributed by atoms with Crippen molar-refractivity contribution >= 4 is 5.82 Å². The summed E-state index contributed by atoms with van der Waals surface area (Å²) in [7, 11) is 1.57. The van der Waals surface area contributed by atoms with Gasteiger partial charge in [0.05, 0.1) is 7.11 Å². The van der Waals surface area contributed by atoms with Crippen molar-refractivity contribution in [1.82, 2.24) is 10.2 Å². The lowest BCUT2D eigenvalue weighted by Gasteiger charge is -2.05. The molecule has 1 heterocycles. The van der Waals surface area contributed by atoms with Crippen LogP contribution in [0.5, 0.6) is 5.88 Å². The van der Waals surface area contributed by atoms with Gasteiger partial charge in [0, 0.05) is 12.6 Å². The van der Waals surface area contributed by atoms with E-state index >= 15 is 0 Å². The molecule has 16 heavy (non-hydrogen) atoms. The van der Waals surface area contributed by atoms with Gasteiger partial charge in [-0.05, 0) is 11.6 Å². The minimum Gasteiger partial charge on any atom is -0.480 e. The molecular weight excluding hydrogens is 202 g/mol. The van der Waals surface area contributed by atoms with Crippen LogP contribution < -0.4 is 10.1 Å². The lowest BCUT2D eigenvalue weighted by Crippen LogP contribution is -2.02. The second kappa shape index (κ2) is 5.11. The average Bonchev–Trinajstić information content (AvgIpc) is 2.38. The summed E-state index contributed by atoms with van der Waals surface area (Å²) in [5.74, 6) is 1.26. The highest BCUT2D eigenvalue weighted by Gasteiger charge is 1.96. The Labute approximate surface area is 94.3 Å². The van der Waals surface area contributed by atoms with E-state index < -0.39 is 0 Å². The second-order valence-electron chi connectivity index (χ2n) is 3.30. The number of ether oxygens (including phenoxy) is 1. The summed E-state index contributed by atoms with van der Waals surface area (Å²) in [6, 6.07) is 13.8. The number of nitrogens with one attached hydrogen (secondary N) is 1. The van der Waals surface area contributed by atoms with Crippen molar-refractivity contribution in [3.05, 3.63) is 48.0 Å². The van der Waals surface area contributed by atoms with Crippen LogP contribution in [0.3, 0.4) is 0 Å². The number of hydrogen-bond acceptors (Lipinski definition) is 4. The zero-order chi connectivity index (χ0) is 11.2. The van der Waals surface area contributed by atoms with E-state index in [9.17, 15) is 0 Å². The molecule has 2 rings (SSSR count). The summed E-state index contributed by atoms with van der Waals surface area (Å²) in [4.78, 5) is 0. The molecule has 4 nitrogen and oxygen atoms in total. The number of benzene rings is 1. The van der Waals surface area contributed by atoms with Crippen molar-refractivity contribution in [2.75, 3.05) is 12.4 Å². The third-order valence-electron chi connectivity index (χ3n) is 2.17. The monoisotopic (exact) mass is 215 g/mol. The predicted octanol–water partition coefficient (Wildman–Crippen LogP) is 2.10. The van der Waals surface area contributed by atoms with E-state index in [1.165, 1.54) is 5.56 Å². The van der Waals surface area contributed by atoms with Gasteiger partial charge in [0.1, 0.15) is 5.82 Å². The Balaban J connectivity index is 1.94. The molecule has 0 amide bonds. The van der Waals surface area contributed by atoms with Gasteiger partial charge in [-0.3, -0.25) is 0 Å². The molecular formula is C12H13N3O. The van der Waals surface area contributed by atoms with E-state index in [2.05, 4.69) is 27.6 Å². The number of hydrogen-bond donors (Lipinski definition) is 1. The first-order chi connectivity index (χ1) is 7.88. The average molecular weight is 215 g/mol. The molecule has 4 heteroatoms. The smallest absolute Gasteiger partial charge is 0.233 e. The molecule has 0 aliphatic rings. The first-order valence-electron chi connectivity index (χ1n) is 5.04. The highest BCUT2D eigenvalue weighted by molar-refractivity contribution is 5.35. The quantitative estimate of drug-likeness (QED) is 0.848. The molecule has 0 saturated carbocycles. The summed E-state index contributed by atoms with van der Waals surface area (Å²) in [5, 5.41) is 11.0. The fraction of sp³-hybridized carbons (Fsp3) is 0.167. The molecule has 0 aliphatic carbocycles. The van der Waals surface area contributed by atoms with Crippen LogP contribution >= 0.6 is 0 Å². The van der Waals surface area contributed by atoms with Crippen molar-refractivity contribution in [2.45, 2.75) is 6.54 Å². The van der Waals surface area contributed by atoms with Crippen molar-refractivity contribution in [1.29, 1.82) is 0 Å². The highest BCUT2D eigenvalue weighted by atomic mass is 16.5. The molecule has 0 saturated heterocycles. The van der Waals surface area contributed by atoms with Crippen molar-refractivity contribution in [3.8, 4) is 5.88 Å². The molecule has 0 aliphatic heterocycles. The Morgan fingerprint density at radius 3 is 2.50 bits per heavy atom. The zero-order valence-corrected chi connectivity index (χ0v) is 9.05. The maximum atomic E-state index is 4.93. The lowest BCUT2D eigenvalue weighted by atomic mass is 10.2. The number of anilines is 1. The molecule has 0 atom stereocenters. The van der Waals surface area contributed by atoms with E-state index in [0.29, 0.717) is 5.88 Å². The number of aromatic nitrogens is 2. The second-order valence-corrected chi connectivity index (χ2v) is 3.30. The first-order valence-corrected chi connectivity index (χ1v) is 5.04. The standard InChI is InChI=1S/C12H13N3O/c1-16-12-8-7-11(14-15-12)13-9-10-5-3-2-4-6-10/h2-8H,9H2,1H3,(H,13,14). The molecule has 1 aromatic heterocycles. The van der Waals surface area contributed by atoms with E-state index in [-0.39, 0.29) is 0 Å². The minimum atomic E-state index is 0.519. The molecule has 0 fully saturated rings. The maximum Gasteiger partial charge on any atom is 0.233 e. The fourth-order valence-corrected chi connectivity index (χ4v) is 1.31. The van der Waals surface area contributed by atoms with Crippen LogP contribution in [0.25, 0.3) is 0 Å². The zero-order valence-electron chi connectivity index (χ0n) is 9.05. The minimum absolute atomic E-state index is 0.519.